The fraction of sp³-hybridized carbons (Fsp3) is 0.645. The van der Waals surface area contributed by atoms with Gasteiger partial charge in [0.15, 0.2) is 0 Å². The number of amides is 2. The fourth-order valence-corrected chi connectivity index (χ4v) is 7.72. The summed E-state index contributed by atoms with van der Waals surface area (Å²) in [6.45, 7) is 6.59. The molecule has 46 heavy (non-hydrogen) atoms. The quantitative estimate of drug-likeness (QED) is 0.343. The van der Waals surface area contributed by atoms with Crippen LogP contribution in [0.5, 0.6) is 0 Å². The number of hydrogen-bond acceptors (Lipinski definition) is 8. The second kappa shape index (κ2) is 15.2. The van der Waals surface area contributed by atoms with E-state index in [9.17, 15) is 23.1 Å². The molecule has 1 aliphatic carbocycles. The largest absolute Gasteiger partial charge is 0.390 e. The molecule has 1 spiro atoms. The zero-order valence-electron chi connectivity index (χ0n) is 27.1. The number of ether oxygens (including phenoxy) is 1. The van der Waals surface area contributed by atoms with Gasteiger partial charge in [-0.05, 0) is 63.8 Å². The number of carbonyl (C=O) groups excluding carboxylic acids is 2. The van der Waals surface area contributed by atoms with Crippen LogP contribution in [-0.4, -0.2) is 102 Å². The van der Waals surface area contributed by atoms with E-state index in [1.165, 1.54) is 0 Å². The third-order valence-electron chi connectivity index (χ3n) is 9.62. The lowest BCUT2D eigenvalue weighted by molar-refractivity contribution is -0.164. The molecule has 5 rings (SSSR count). The first-order valence-corrected chi connectivity index (χ1v) is 17.4. The van der Waals surface area contributed by atoms with Crippen LogP contribution in [0.25, 0.3) is 5.69 Å². The lowest BCUT2D eigenvalue weighted by Gasteiger charge is -2.52. The van der Waals surface area contributed by atoms with Crippen LogP contribution < -0.4 is 10.0 Å². The Morgan fingerprint density at radius 2 is 1.67 bits per heavy atom. The van der Waals surface area contributed by atoms with Crippen LogP contribution in [0.2, 0.25) is 0 Å². The van der Waals surface area contributed by atoms with Crippen LogP contribution in [-0.2, 0) is 30.9 Å². The number of rotatable bonds is 10. The summed E-state index contributed by atoms with van der Waals surface area (Å²) in [6, 6.07) is 6.35. The van der Waals surface area contributed by atoms with Gasteiger partial charge >= 0.3 is 0 Å². The van der Waals surface area contributed by atoms with Gasteiger partial charge in [-0.3, -0.25) is 19.2 Å². The van der Waals surface area contributed by atoms with Crippen molar-refractivity contribution in [3.8, 4) is 5.69 Å². The Bertz CT molecular complexity index is 1470. The van der Waals surface area contributed by atoms with Crippen molar-refractivity contribution in [2.75, 3.05) is 44.3 Å². The molecule has 0 bridgehead atoms. The van der Waals surface area contributed by atoms with Gasteiger partial charge < -0.3 is 20.1 Å². The molecule has 1 aromatic heterocycles. The Morgan fingerprint density at radius 3 is 2.26 bits per heavy atom. The predicted molar refractivity (Wildman–Crippen MR) is 181 cm³/mol. The van der Waals surface area contributed by atoms with Crippen molar-refractivity contribution >= 4 is 52.3 Å². The molecule has 2 amide bonds. The van der Waals surface area contributed by atoms with Crippen molar-refractivity contribution in [3.63, 3.8) is 0 Å². The summed E-state index contributed by atoms with van der Waals surface area (Å²) in [5, 5.41) is 18.9. The van der Waals surface area contributed by atoms with E-state index in [2.05, 4.69) is 14.9 Å². The second-order valence-corrected chi connectivity index (χ2v) is 14.5. The minimum atomic E-state index is -3.36. The molecule has 1 aromatic carbocycles. The van der Waals surface area contributed by atoms with Crippen LogP contribution >= 0.6 is 24.8 Å². The molecule has 12 nitrogen and oxygen atoms in total. The number of sulfonamides is 1. The molecule has 2 aliphatic heterocycles. The van der Waals surface area contributed by atoms with Crippen LogP contribution in [0.4, 0.5) is 5.69 Å². The summed E-state index contributed by atoms with van der Waals surface area (Å²) in [5.74, 6) is -0.258. The van der Waals surface area contributed by atoms with Gasteiger partial charge in [-0.2, -0.15) is 5.10 Å². The van der Waals surface area contributed by atoms with Crippen LogP contribution in [0.3, 0.4) is 0 Å². The number of methoxy groups -OCH3 is 1. The van der Waals surface area contributed by atoms with E-state index in [1.807, 2.05) is 30.7 Å². The zero-order valence-corrected chi connectivity index (χ0v) is 29.5. The number of aryl methyl sites for hydroxylation is 1. The highest BCUT2D eigenvalue weighted by molar-refractivity contribution is 7.92. The topological polar surface area (TPSA) is 146 Å². The number of benzene rings is 1. The number of piperazine rings is 1. The van der Waals surface area contributed by atoms with Gasteiger partial charge in [0.2, 0.25) is 21.8 Å². The highest BCUT2D eigenvalue weighted by Gasteiger charge is 2.54. The number of hydrogen-bond donors (Lipinski definition) is 3. The predicted octanol–water partition coefficient (Wildman–Crippen LogP) is 3.10. The summed E-state index contributed by atoms with van der Waals surface area (Å²) in [5.41, 5.74) is 2.45. The smallest absolute Gasteiger partial charge is 0.246 e. The number of halogens is 2. The maximum atomic E-state index is 13.8. The number of aromatic nitrogens is 2. The first-order chi connectivity index (χ1) is 20.8. The van der Waals surface area contributed by atoms with Crippen molar-refractivity contribution in [2.24, 2.45) is 0 Å². The lowest BCUT2D eigenvalue weighted by Crippen LogP contribution is -2.73. The van der Waals surface area contributed by atoms with Gasteiger partial charge in [0.05, 0.1) is 29.8 Å². The molecular weight excluding hydrogens is 655 g/mol. The standard InChI is InChI=1S/C31H46N6O6S.2ClH/c1-22-26(23(2)37(33-22)25-10-8-24(9-11-25)34-44(4,41)42)21-35-16-14-31(15-17-35)29(39)32-27(28(38)36(31)18-19-43-3)20-30(40)12-6-5-7-13-30;;/h8-11,27,34,40H,5-7,12-21H2,1-4H3,(H,32,39);2*1H/t27-;;/m1../s1. The number of piperidine rings is 1. The van der Waals surface area contributed by atoms with E-state index in [-0.39, 0.29) is 43.0 Å². The lowest BCUT2D eigenvalue weighted by atomic mass is 9.77. The van der Waals surface area contributed by atoms with E-state index < -0.39 is 27.2 Å². The Kier molecular flexibility index (Phi) is 12.6. The molecule has 3 aliphatic rings. The highest BCUT2D eigenvalue weighted by Crippen LogP contribution is 2.37. The molecule has 3 N–H and O–H groups in total. The molecule has 3 heterocycles. The van der Waals surface area contributed by atoms with Crippen molar-refractivity contribution in [3.05, 3.63) is 41.2 Å². The van der Waals surface area contributed by atoms with Crippen molar-refractivity contribution in [2.45, 2.75) is 88.9 Å². The minimum absolute atomic E-state index is 0. The van der Waals surface area contributed by atoms with Gasteiger partial charge in [-0.1, -0.05) is 19.3 Å². The maximum Gasteiger partial charge on any atom is 0.246 e. The summed E-state index contributed by atoms with van der Waals surface area (Å²) in [6.07, 6.45) is 6.66. The second-order valence-electron chi connectivity index (χ2n) is 12.8. The molecule has 0 unspecified atom stereocenters. The molecule has 1 atom stereocenters. The molecule has 1 saturated carbocycles. The third kappa shape index (κ3) is 8.16. The summed E-state index contributed by atoms with van der Waals surface area (Å²) < 4.78 is 32.8. The average Bonchev–Trinajstić information content (AvgIpc) is 3.25. The molecule has 258 valence electrons. The molecule has 3 fully saturated rings. The zero-order chi connectivity index (χ0) is 31.7. The summed E-state index contributed by atoms with van der Waals surface area (Å²) >= 11 is 0. The normalized spacial score (nSPS) is 21.3. The number of aliphatic hydroxyl groups is 1. The van der Waals surface area contributed by atoms with E-state index >= 15 is 0 Å². The Labute approximate surface area is 284 Å². The SMILES string of the molecule is COCCN1C(=O)[C@@H](CC2(O)CCCCC2)NC(=O)C12CCN(Cc1c(C)nn(-c3ccc(NS(C)(=O)=O)cc3)c1C)CC2.Cl.Cl. The van der Waals surface area contributed by atoms with E-state index in [0.29, 0.717) is 64.2 Å². The molecule has 2 aromatic rings. The molecule has 2 saturated heterocycles. The van der Waals surface area contributed by atoms with E-state index in [4.69, 9.17) is 9.84 Å². The van der Waals surface area contributed by atoms with Crippen molar-refractivity contribution < 1.29 is 27.9 Å². The van der Waals surface area contributed by atoms with Crippen LogP contribution in [0.15, 0.2) is 24.3 Å². The number of carbonyl (C=O) groups is 2. The van der Waals surface area contributed by atoms with Gasteiger partial charge in [0.25, 0.3) is 0 Å². The highest BCUT2D eigenvalue weighted by atomic mass is 35.5. The monoisotopic (exact) mass is 702 g/mol. The van der Waals surface area contributed by atoms with Gasteiger partial charge in [-0.25, -0.2) is 13.1 Å². The fourth-order valence-electron chi connectivity index (χ4n) is 7.16. The molecular formula is C31H48Cl2N6O6S. The van der Waals surface area contributed by atoms with E-state index in [0.717, 1.165) is 48.2 Å². The summed E-state index contributed by atoms with van der Waals surface area (Å²) in [7, 11) is -1.76. The average molecular weight is 704 g/mol. The first kappa shape index (κ1) is 38.0. The minimum Gasteiger partial charge on any atom is -0.390 e. The third-order valence-corrected chi connectivity index (χ3v) is 10.2. The van der Waals surface area contributed by atoms with Crippen LogP contribution in [0, 0.1) is 13.8 Å². The Balaban J connectivity index is 0.00000288. The summed E-state index contributed by atoms with van der Waals surface area (Å²) in [4.78, 5) is 31.7. The van der Waals surface area contributed by atoms with Crippen molar-refractivity contribution in [1.29, 1.82) is 0 Å². The van der Waals surface area contributed by atoms with Crippen molar-refractivity contribution in [1.82, 2.24) is 24.9 Å². The maximum absolute atomic E-state index is 13.8. The molecule has 0 radical (unpaired) electrons. The number of anilines is 1. The molecule has 15 heteroatoms. The number of likely N-dealkylation sites (tertiary alicyclic amines) is 1. The van der Waals surface area contributed by atoms with Gasteiger partial charge in [-0.15, -0.1) is 24.8 Å². The van der Waals surface area contributed by atoms with Gasteiger partial charge in [0.1, 0.15) is 11.6 Å². The van der Waals surface area contributed by atoms with Crippen LogP contribution in [0.1, 0.15) is 68.3 Å². The van der Waals surface area contributed by atoms with Gasteiger partial charge in [0, 0.05) is 56.7 Å². The number of nitrogens with one attached hydrogen (secondary N) is 2. The van der Waals surface area contributed by atoms with E-state index in [1.54, 1.807) is 24.1 Å². The Morgan fingerprint density at radius 1 is 1.04 bits per heavy atom. The Hall–Kier alpha value is -2.42. The first-order valence-electron chi connectivity index (χ1n) is 15.5. The number of nitrogens with zero attached hydrogens (tertiary/aromatic N) is 4.